The number of benzene rings is 1. The van der Waals surface area contributed by atoms with Crippen molar-refractivity contribution < 1.29 is 14.7 Å². The number of nitrogens with one attached hydrogen (secondary N) is 1. The Bertz CT molecular complexity index is 1040. The molecule has 1 amide bonds. The first-order chi connectivity index (χ1) is 14.4. The Morgan fingerprint density at radius 1 is 1.33 bits per heavy atom. The van der Waals surface area contributed by atoms with Gasteiger partial charge in [-0.15, -0.1) is 5.53 Å². The summed E-state index contributed by atoms with van der Waals surface area (Å²) < 4.78 is 14.6. The molecule has 0 aliphatic heterocycles. The van der Waals surface area contributed by atoms with Crippen LogP contribution in [-0.4, -0.2) is 29.0 Å². The normalized spacial score (nSPS) is 14.9. The lowest BCUT2D eigenvalue weighted by Gasteiger charge is -2.11. The molecule has 0 saturated heterocycles. The molecule has 0 unspecified atom stereocenters. The van der Waals surface area contributed by atoms with Gasteiger partial charge < -0.3 is 16.8 Å². The minimum Gasteiger partial charge on any atom is -0.404 e. The summed E-state index contributed by atoms with van der Waals surface area (Å²) in [6.45, 7) is 1.75. The van der Waals surface area contributed by atoms with Crippen LogP contribution in [0, 0.1) is 12.7 Å². The van der Waals surface area contributed by atoms with Crippen LogP contribution in [0.25, 0.3) is 5.57 Å². The van der Waals surface area contributed by atoms with Gasteiger partial charge in [0.2, 0.25) is 5.84 Å². The molecule has 1 fully saturated rings. The molecule has 156 valence electrons. The third kappa shape index (κ3) is 5.04. The van der Waals surface area contributed by atoms with Crippen molar-refractivity contribution in [1.82, 2.24) is 4.98 Å². The van der Waals surface area contributed by atoms with E-state index in [1.54, 1.807) is 31.3 Å². The fourth-order valence-corrected chi connectivity index (χ4v) is 2.75. The van der Waals surface area contributed by atoms with Crippen molar-refractivity contribution >= 4 is 29.3 Å². The van der Waals surface area contributed by atoms with Crippen LogP contribution in [0.5, 0.6) is 0 Å². The van der Waals surface area contributed by atoms with Gasteiger partial charge in [-0.2, -0.15) is 5.84 Å². The summed E-state index contributed by atoms with van der Waals surface area (Å²) in [4.78, 5) is 21.3. The highest BCUT2D eigenvalue weighted by atomic mass is 19.1. The van der Waals surface area contributed by atoms with E-state index in [4.69, 9.17) is 17.3 Å². The second-order valence-corrected chi connectivity index (χ2v) is 6.80. The lowest BCUT2D eigenvalue weighted by Crippen LogP contribution is -2.86. The molecule has 1 aromatic carbocycles. The number of quaternary nitrogens is 1. The first-order valence-electron chi connectivity index (χ1n) is 9.34. The van der Waals surface area contributed by atoms with Crippen molar-refractivity contribution in [2.75, 3.05) is 5.32 Å². The third-order valence-electron chi connectivity index (χ3n) is 4.49. The van der Waals surface area contributed by atoms with Crippen molar-refractivity contribution in [1.29, 1.82) is 0 Å². The Labute approximate surface area is 172 Å². The highest BCUT2D eigenvalue weighted by Crippen LogP contribution is 2.26. The quantitative estimate of drug-likeness (QED) is 0.192. The monoisotopic (exact) mass is 411 g/mol. The number of amidine groups is 1. The molecule has 1 saturated carbocycles. The molecule has 1 aliphatic rings. The zero-order valence-corrected chi connectivity index (χ0v) is 16.5. The van der Waals surface area contributed by atoms with Crippen LogP contribution in [0.3, 0.4) is 0 Å². The lowest BCUT2D eigenvalue weighted by molar-refractivity contribution is -0.673. The van der Waals surface area contributed by atoms with Crippen molar-refractivity contribution in [2.24, 2.45) is 27.4 Å². The van der Waals surface area contributed by atoms with Gasteiger partial charge in [0.15, 0.2) is 0 Å². The molecule has 1 heterocycles. The number of aryl methyl sites for hydroxylation is 1. The second-order valence-electron chi connectivity index (χ2n) is 6.80. The van der Waals surface area contributed by atoms with Gasteiger partial charge in [-0.05, 0) is 60.3 Å². The topological polar surface area (TPSA) is 161 Å². The van der Waals surface area contributed by atoms with E-state index < -0.39 is 11.7 Å². The molecule has 2 aromatic rings. The first kappa shape index (κ1) is 21.1. The number of hydrogen-bond donors (Lipinski definition) is 5. The first-order valence-corrected chi connectivity index (χ1v) is 9.34. The van der Waals surface area contributed by atoms with Crippen LogP contribution in [0.15, 0.2) is 46.6 Å². The lowest BCUT2D eigenvalue weighted by atomic mass is 9.98. The van der Waals surface area contributed by atoms with E-state index in [2.05, 4.69) is 20.4 Å². The van der Waals surface area contributed by atoms with Gasteiger partial charge in [0.25, 0.3) is 5.91 Å². The van der Waals surface area contributed by atoms with Crippen molar-refractivity contribution in [3.05, 3.63) is 64.7 Å². The summed E-state index contributed by atoms with van der Waals surface area (Å²) in [6.07, 6.45) is 5.17. The molecular formula is C20H24FN8O+. The number of amides is 1. The minimum absolute atomic E-state index is 0.0880. The van der Waals surface area contributed by atoms with Crippen LogP contribution in [0.4, 0.5) is 10.2 Å². The number of pyridine rings is 1. The number of nitrogens with two attached hydrogens (primary N) is 4. The number of nitrogens with zero attached hydrogens (tertiary/aromatic N) is 3. The van der Waals surface area contributed by atoms with E-state index in [1.807, 2.05) is 0 Å². The molecule has 0 bridgehead atoms. The number of hydrogen-bond acceptors (Lipinski definition) is 6. The van der Waals surface area contributed by atoms with E-state index >= 15 is 0 Å². The number of rotatable bonds is 7. The Kier molecular flexibility index (Phi) is 6.50. The molecule has 9 nitrogen and oxygen atoms in total. The molecule has 30 heavy (non-hydrogen) atoms. The van der Waals surface area contributed by atoms with Gasteiger partial charge in [-0.1, -0.05) is 6.07 Å². The van der Waals surface area contributed by atoms with E-state index in [0.717, 1.165) is 18.4 Å². The van der Waals surface area contributed by atoms with Crippen molar-refractivity contribution in [2.45, 2.75) is 25.8 Å². The zero-order chi connectivity index (χ0) is 21.7. The predicted molar refractivity (Wildman–Crippen MR) is 114 cm³/mol. The maximum atomic E-state index is 14.6. The van der Waals surface area contributed by atoms with Crippen LogP contribution in [0.1, 0.15) is 40.0 Å². The van der Waals surface area contributed by atoms with E-state index in [-0.39, 0.29) is 17.2 Å². The van der Waals surface area contributed by atoms with Gasteiger partial charge in [-0.25, -0.2) is 9.37 Å². The fraction of sp³-hybridized carbons (Fsp3) is 0.200. The zero-order valence-electron chi connectivity index (χ0n) is 16.5. The fourth-order valence-electron chi connectivity index (χ4n) is 2.75. The minimum atomic E-state index is -0.658. The van der Waals surface area contributed by atoms with E-state index in [1.165, 1.54) is 18.3 Å². The third-order valence-corrected chi connectivity index (χ3v) is 4.49. The summed E-state index contributed by atoms with van der Waals surface area (Å²) >= 11 is 0. The van der Waals surface area contributed by atoms with Crippen LogP contribution >= 0.6 is 0 Å². The summed E-state index contributed by atoms with van der Waals surface area (Å²) in [6, 6.07) is 7.87. The summed E-state index contributed by atoms with van der Waals surface area (Å²) in [5.41, 5.74) is 14.6. The van der Waals surface area contributed by atoms with E-state index in [0.29, 0.717) is 28.4 Å². The second kappa shape index (κ2) is 9.25. The molecule has 3 rings (SSSR count). The SMILES string of the molecule is Cc1cc(F)c(C(=O)Nc2cccc(C(N)=N[NH2+]N)n2)cc1C(C=NC1CC1)=CN. The highest BCUT2D eigenvalue weighted by Gasteiger charge is 2.20. The number of halogens is 1. The highest BCUT2D eigenvalue weighted by molar-refractivity contribution is 6.12. The Morgan fingerprint density at radius 2 is 2.10 bits per heavy atom. The van der Waals surface area contributed by atoms with Crippen LogP contribution < -0.4 is 28.2 Å². The number of allylic oxidation sites excluding steroid dienone is 1. The Balaban J connectivity index is 1.87. The van der Waals surface area contributed by atoms with Gasteiger partial charge in [0, 0.05) is 18.0 Å². The molecule has 1 aliphatic carbocycles. The maximum absolute atomic E-state index is 14.6. The average molecular weight is 411 g/mol. The Hall–Kier alpha value is -3.63. The summed E-state index contributed by atoms with van der Waals surface area (Å²) in [5.74, 6) is 4.20. The predicted octanol–water partition coefficient (Wildman–Crippen LogP) is 0.372. The average Bonchev–Trinajstić information content (AvgIpc) is 3.54. The van der Waals surface area contributed by atoms with Crippen molar-refractivity contribution in [3.8, 4) is 0 Å². The summed E-state index contributed by atoms with van der Waals surface area (Å²) in [5, 5.41) is 6.33. The molecule has 9 N–H and O–H groups in total. The standard InChI is InChI=1S/C20H23FN8O/c1-11-7-16(21)15(8-14(11)12(9-22)10-25-13-5-6-13)20(30)27-18-4-2-3-17(26-18)19(23)28-29-24/h2-4,7-10,13,29H,5-6,22,24H2,1H3,(H2,23,28)(H,26,27,30)/p+1. The van der Waals surface area contributed by atoms with Crippen LogP contribution in [0.2, 0.25) is 0 Å². The summed E-state index contributed by atoms with van der Waals surface area (Å²) in [7, 11) is 0. The molecule has 1 aromatic heterocycles. The van der Waals surface area contributed by atoms with Crippen LogP contribution in [-0.2, 0) is 0 Å². The van der Waals surface area contributed by atoms with Gasteiger partial charge in [0.05, 0.1) is 11.6 Å². The molecule has 10 heteroatoms. The largest absolute Gasteiger partial charge is 0.404 e. The van der Waals surface area contributed by atoms with Gasteiger partial charge in [0.1, 0.15) is 17.3 Å². The maximum Gasteiger partial charge on any atom is 0.259 e. The Morgan fingerprint density at radius 3 is 2.77 bits per heavy atom. The number of carbonyl (C=O) groups is 1. The molecule has 0 atom stereocenters. The number of anilines is 1. The van der Waals surface area contributed by atoms with Gasteiger partial charge >= 0.3 is 0 Å². The van der Waals surface area contributed by atoms with Gasteiger partial charge in [-0.3, -0.25) is 9.79 Å². The number of aromatic nitrogens is 1. The van der Waals surface area contributed by atoms with Crippen molar-refractivity contribution in [3.63, 3.8) is 0 Å². The molecular weight excluding hydrogens is 387 g/mol. The number of carbonyl (C=O) groups excluding carboxylic acids is 1. The van der Waals surface area contributed by atoms with E-state index in [9.17, 15) is 9.18 Å². The smallest absolute Gasteiger partial charge is 0.259 e. The molecule has 0 radical (unpaired) electrons. The number of aliphatic imine (C=N–C) groups is 1. The molecule has 0 spiro atoms.